The van der Waals surface area contributed by atoms with Crippen molar-refractivity contribution in [2.45, 2.75) is 56.5 Å². The van der Waals surface area contributed by atoms with Crippen LogP contribution in [0.25, 0.3) is 0 Å². The summed E-state index contributed by atoms with van der Waals surface area (Å²) in [6.45, 7) is 1.53. The van der Waals surface area contributed by atoms with E-state index in [9.17, 15) is 9.59 Å². The van der Waals surface area contributed by atoms with Crippen molar-refractivity contribution in [3.05, 3.63) is 0 Å². The van der Waals surface area contributed by atoms with Crippen molar-refractivity contribution in [1.82, 2.24) is 15.5 Å². The van der Waals surface area contributed by atoms with Crippen LogP contribution < -0.4 is 10.6 Å². The molecule has 2 heterocycles. The van der Waals surface area contributed by atoms with Crippen LogP contribution in [0.4, 0.5) is 4.79 Å². The highest BCUT2D eigenvalue weighted by Gasteiger charge is 2.52. The molecule has 0 aromatic heterocycles. The van der Waals surface area contributed by atoms with E-state index in [0.29, 0.717) is 6.54 Å². The molecule has 0 radical (unpaired) electrons. The Labute approximate surface area is 107 Å². The fourth-order valence-electron chi connectivity index (χ4n) is 3.46. The highest BCUT2D eigenvalue weighted by atomic mass is 16.2. The average molecular weight is 251 g/mol. The number of nitrogens with one attached hydrogen (secondary N) is 2. The predicted molar refractivity (Wildman–Crippen MR) is 67.1 cm³/mol. The van der Waals surface area contributed by atoms with Gasteiger partial charge in [-0.1, -0.05) is 19.3 Å². The second kappa shape index (κ2) is 4.53. The molecular weight excluding hydrogens is 230 g/mol. The summed E-state index contributed by atoms with van der Waals surface area (Å²) in [5, 5.41) is 6.32. The van der Waals surface area contributed by atoms with E-state index in [1.807, 2.05) is 0 Å². The van der Waals surface area contributed by atoms with Gasteiger partial charge in [-0.3, -0.25) is 9.69 Å². The van der Waals surface area contributed by atoms with Gasteiger partial charge in [0.05, 0.1) is 0 Å². The van der Waals surface area contributed by atoms with E-state index in [1.54, 1.807) is 0 Å². The number of piperidine rings is 1. The van der Waals surface area contributed by atoms with Gasteiger partial charge in [-0.05, 0) is 32.2 Å². The number of amides is 3. The fourth-order valence-corrected chi connectivity index (χ4v) is 3.46. The Balaban J connectivity index is 1.68. The maximum Gasteiger partial charge on any atom is 0.325 e. The molecule has 1 saturated carbocycles. The molecule has 1 atom stereocenters. The first-order chi connectivity index (χ1) is 8.71. The SMILES string of the molecule is O=C1NC2(CCCC2)C(=O)N1CC1CCCCN1. The lowest BCUT2D eigenvalue weighted by Gasteiger charge is -2.27. The number of nitrogens with zero attached hydrogens (tertiary/aromatic N) is 1. The van der Waals surface area contributed by atoms with Gasteiger partial charge >= 0.3 is 6.03 Å². The minimum Gasteiger partial charge on any atom is -0.323 e. The summed E-state index contributed by atoms with van der Waals surface area (Å²) >= 11 is 0. The number of carbonyl (C=O) groups excluding carboxylic acids is 2. The molecule has 5 heteroatoms. The minimum atomic E-state index is -0.550. The molecule has 3 rings (SSSR count). The number of rotatable bonds is 2. The van der Waals surface area contributed by atoms with Gasteiger partial charge in [-0.15, -0.1) is 0 Å². The van der Waals surface area contributed by atoms with Gasteiger partial charge in [0.1, 0.15) is 5.54 Å². The summed E-state index contributed by atoms with van der Waals surface area (Å²) in [5.41, 5.74) is -0.550. The van der Waals surface area contributed by atoms with Crippen LogP contribution in [0.3, 0.4) is 0 Å². The fraction of sp³-hybridized carbons (Fsp3) is 0.846. The number of carbonyl (C=O) groups is 2. The summed E-state index contributed by atoms with van der Waals surface area (Å²) < 4.78 is 0. The first kappa shape index (κ1) is 12.0. The summed E-state index contributed by atoms with van der Waals surface area (Å²) in [7, 11) is 0. The van der Waals surface area contributed by atoms with E-state index in [0.717, 1.165) is 38.6 Å². The largest absolute Gasteiger partial charge is 0.325 e. The lowest BCUT2D eigenvalue weighted by molar-refractivity contribution is -0.131. The maximum absolute atomic E-state index is 12.4. The van der Waals surface area contributed by atoms with Crippen molar-refractivity contribution in [3.8, 4) is 0 Å². The Bertz CT molecular complexity index is 357. The van der Waals surface area contributed by atoms with Crippen LogP contribution in [0.5, 0.6) is 0 Å². The zero-order valence-electron chi connectivity index (χ0n) is 10.7. The second-order valence-corrected chi connectivity index (χ2v) is 5.78. The van der Waals surface area contributed by atoms with Gasteiger partial charge < -0.3 is 10.6 Å². The number of hydrogen-bond donors (Lipinski definition) is 2. The van der Waals surface area contributed by atoms with Crippen molar-refractivity contribution < 1.29 is 9.59 Å². The van der Waals surface area contributed by atoms with Gasteiger partial charge in [0.2, 0.25) is 0 Å². The monoisotopic (exact) mass is 251 g/mol. The third-order valence-electron chi connectivity index (χ3n) is 4.52. The van der Waals surface area contributed by atoms with E-state index < -0.39 is 5.54 Å². The molecule has 1 aliphatic carbocycles. The predicted octanol–water partition coefficient (Wildman–Crippen LogP) is 0.993. The summed E-state index contributed by atoms with van der Waals surface area (Å²) in [6, 6.07) is 0.0966. The van der Waals surface area contributed by atoms with Gasteiger partial charge in [-0.25, -0.2) is 4.79 Å². The molecule has 0 aromatic carbocycles. The summed E-state index contributed by atoms with van der Waals surface area (Å²) in [4.78, 5) is 25.9. The van der Waals surface area contributed by atoms with Crippen LogP contribution in [-0.2, 0) is 4.79 Å². The molecule has 3 amide bonds. The van der Waals surface area contributed by atoms with Gasteiger partial charge in [-0.2, -0.15) is 0 Å². The Morgan fingerprint density at radius 1 is 1.17 bits per heavy atom. The van der Waals surface area contributed by atoms with Crippen molar-refractivity contribution in [2.75, 3.05) is 13.1 Å². The topological polar surface area (TPSA) is 61.4 Å². The van der Waals surface area contributed by atoms with E-state index in [2.05, 4.69) is 10.6 Å². The normalized spacial score (nSPS) is 31.1. The van der Waals surface area contributed by atoms with Crippen LogP contribution in [0.1, 0.15) is 44.9 Å². The zero-order valence-corrected chi connectivity index (χ0v) is 10.7. The van der Waals surface area contributed by atoms with Crippen molar-refractivity contribution in [2.24, 2.45) is 0 Å². The van der Waals surface area contributed by atoms with Crippen LogP contribution in [0.15, 0.2) is 0 Å². The Hall–Kier alpha value is -1.10. The zero-order chi connectivity index (χ0) is 12.6. The third-order valence-corrected chi connectivity index (χ3v) is 4.52. The molecule has 0 aromatic rings. The van der Waals surface area contributed by atoms with Crippen molar-refractivity contribution >= 4 is 11.9 Å². The highest BCUT2D eigenvalue weighted by molar-refractivity contribution is 6.07. The molecule has 5 nitrogen and oxygen atoms in total. The van der Waals surface area contributed by atoms with Crippen molar-refractivity contribution in [1.29, 1.82) is 0 Å². The van der Waals surface area contributed by atoms with Gasteiger partial charge in [0.15, 0.2) is 0 Å². The molecule has 100 valence electrons. The van der Waals surface area contributed by atoms with Crippen molar-refractivity contribution in [3.63, 3.8) is 0 Å². The molecular formula is C13H21N3O2. The van der Waals surface area contributed by atoms with E-state index in [4.69, 9.17) is 0 Å². The first-order valence-electron chi connectivity index (χ1n) is 7.09. The summed E-state index contributed by atoms with van der Waals surface area (Å²) in [5.74, 6) is 0.0115. The Kier molecular flexibility index (Phi) is 3.01. The highest BCUT2D eigenvalue weighted by Crippen LogP contribution is 2.35. The second-order valence-electron chi connectivity index (χ2n) is 5.78. The molecule has 1 unspecified atom stereocenters. The molecule has 2 aliphatic heterocycles. The molecule has 3 aliphatic rings. The molecule has 0 bridgehead atoms. The van der Waals surface area contributed by atoms with Gasteiger partial charge in [0, 0.05) is 12.6 Å². The summed E-state index contributed by atoms with van der Waals surface area (Å²) in [6.07, 6.45) is 7.15. The van der Waals surface area contributed by atoms with Crippen LogP contribution >= 0.6 is 0 Å². The smallest absolute Gasteiger partial charge is 0.323 e. The third kappa shape index (κ3) is 1.90. The lowest BCUT2D eigenvalue weighted by atomic mass is 9.97. The Morgan fingerprint density at radius 3 is 2.61 bits per heavy atom. The molecule has 3 fully saturated rings. The minimum absolute atomic E-state index is 0.0115. The number of imide groups is 1. The standard InChI is InChI=1S/C13H21N3O2/c17-11-13(6-2-3-7-13)15-12(18)16(11)9-10-5-1-4-8-14-10/h10,14H,1-9H2,(H,15,18). The quantitative estimate of drug-likeness (QED) is 0.720. The van der Waals surface area contributed by atoms with Crippen LogP contribution in [-0.4, -0.2) is 41.5 Å². The van der Waals surface area contributed by atoms with E-state index >= 15 is 0 Å². The molecule has 18 heavy (non-hydrogen) atoms. The number of urea groups is 1. The van der Waals surface area contributed by atoms with E-state index in [-0.39, 0.29) is 18.0 Å². The van der Waals surface area contributed by atoms with E-state index in [1.165, 1.54) is 17.7 Å². The Morgan fingerprint density at radius 2 is 1.94 bits per heavy atom. The molecule has 2 N–H and O–H groups in total. The van der Waals surface area contributed by atoms with Crippen LogP contribution in [0.2, 0.25) is 0 Å². The average Bonchev–Trinajstić information content (AvgIpc) is 2.93. The molecule has 1 spiro atoms. The van der Waals surface area contributed by atoms with Crippen LogP contribution in [0, 0.1) is 0 Å². The maximum atomic E-state index is 12.4. The van der Waals surface area contributed by atoms with Gasteiger partial charge in [0.25, 0.3) is 5.91 Å². The first-order valence-corrected chi connectivity index (χ1v) is 7.09. The molecule has 2 saturated heterocycles. The lowest BCUT2D eigenvalue weighted by Crippen LogP contribution is -2.47. The number of hydrogen-bond acceptors (Lipinski definition) is 3.